The topological polar surface area (TPSA) is 108 Å². The largest absolute Gasteiger partial charge is 0.451 e. The third kappa shape index (κ3) is 4.40. The quantitative estimate of drug-likeness (QED) is 0.201. The summed E-state index contributed by atoms with van der Waals surface area (Å²) in [5.41, 5.74) is 6.50. The first-order valence-electron chi connectivity index (χ1n) is 11.4. The van der Waals surface area contributed by atoms with E-state index >= 15 is 4.39 Å². The van der Waals surface area contributed by atoms with Crippen LogP contribution in [-0.4, -0.2) is 31.7 Å². The smallest absolute Gasteiger partial charge is 0.243 e. The molecular weight excluding hydrogens is 511 g/mol. The van der Waals surface area contributed by atoms with E-state index in [4.69, 9.17) is 10.5 Å². The number of nitrogens with two attached hydrogens (primary N) is 1. The Balaban J connectivity index is 0.00000353. The van der Waals surface area contributed by atoms with Crippen LogP contribution in [0.5, 0.6) is 11.5 Å². The Morgan fingerprint density at radius 1 is 1.11 bits per heavy atom. The Kier molecular flexibility index (Phi) is 6.43. The molecule has 2 aromatic heterocycles. The highest BCUT2D eigenvalue weighted by molar-refractivity contribution is 5.98. The maximum Gasteiger partial charge on any atom is 0.243 e. The fraction of sp³-hybridized carbons (Fsp3) is 0.200. The maximum absolute atomic E-state index is 15.3. The molecule has 5 rings (SSSR count). The van der Waals surface area contributed by atoms with Crippen molar-refractivity contribution < 1.29 is 32.9 Å². The number of hydrogen-bond donors (Lipinski definition) is 2. The van der Waals surface area contributed by atoms with Gasteiger partial charge in [0.05, 0.1) is 11.4 Å². The lowest BCUT2D eigenvalue weighted by molar-refractivity contribution is -0.117. The first kappa shape index (κ1) is 25.1. The molecule has 0 saturated heterocycles. The second kappa shape index (κ2) is 9.72. The van der Waals surface area contributed by atoms with Crippen molar-refractivity contribution in [1.82, 2.24) is 25.1 Å². The van der Waals surface area contributed by atoms with Gasteiger partial charge in [-0.25, -0.2) is 27.8 Å². The van der Waals surface area contributed by atoms with E-state index in [-0.39, 0.29) is 47.9 Å². The van der Waals surface area contributed by atoms with Crippen molar-refractivity contribution in [2.24, 2.45) is 0 Å². The summed E-state index contributed by atoms with van der Waals surface area (Å²) in [5.74, 6) is -9.78. The van der Waals surface area contributed by atoms with Crippen molar-refractivity contribution in [3.63, 3.8) is 0 Å². The molecule has 0 bridgehead atoms. The summed E-state index contributed by atoms with van der Waals surface area (Å²) in [6.45, 7) is 3.45. The molecule has 8 nitrogen and oxygen atoms in total. The number of benzene rings is 2. The van der Waals surface area contributed by atoms with Crippen molar-refractivity contribution >= 4 is 22.8 Å². The second-order valence-corrected chi connectivity index (χ2v) is 8.67. The van der Waals surface area contributed by atoms with E-state index in [1.807, 2.05) is 0 Å². The van der Waals surface area contributed by atoms with Crippen molar-refractivity contribution in [3.05, 3.63) is 72.3 Å². The van der Waals surface area contributed by atoms with Crippen LogP contribution in [0.4, 0.5) is 27.8 Å². The van der Waals surface area contributed by atoms with Gasteiger partial charge in [-0.15, -0.1) is 0 Å². The van der Waals surface area contributed by atoms with Crippen molar-refractivity contribution in [2.75, 3.05) is 5.73 Å². The van der Waals surface area contributed by atoms with E-state index in [2.05, 4.69) is 27.0 Å². The van der Waals surface area contributed by atoms with Gasteiger partial charge in [-0.1, -0.05) is 6.58 Å². The van der Waals surface area contributed by atoms with Crippen LogP contribution in [0.25, 0.3) is 22.3 Å². The van der Waals surface area contributed by atoms with Gasteiger partial charge in [-0.2, -0.15) is 13.9 Å². The lowest BCUT2D eigenvalue weighted by Gasteiger charge is -2.13. The SMILES string of the molecule is C=CC(=O)N[C@@H]1CC[C@@H](n2nc(-c3ccc(Oc4c(F)c(F)cc(F)c4F)cc3F)c3c(N)ncnc32)C1.[HH]. The molecule has 2 heterocycles. The number of amides is 1. The Labute approximate surface area is 213 Å². The van der Waals surface area contributed by atoms with Crippen LogP contribution >= 0.6 is 0 Å². The summed E-state index contributed by atoms with van der Waals surface area (Å²) in [6, 6.07) is 2.90. The average Bonchev–Trinajstić information content (AvgIpc) is 3.51. The molecule has 0 unspecified atom stereocenters. The van der Waals surface area contributed by atoms with Crippen LogP contribution in [0.3, 0.4) is 0 Å². The molecule has 2 aromatic carbocycles. The first-order valence-corrected chi connectivity index (χ1v) is 11.4. The van der Waals surface area contributed by atoms with Gasteiger partial charge in [0.2, 0.25) is 23.3 Å². The highest BCUT2D eigenvalue weighted by Crippen LogP contribution is 2.39. The fourth-order valence-electron chi connectivity index (χ4n) is 4.52. The number of anilines is 1. The molecule has 2 atom stereocenters. The molecule has 4 aromatic rings. The minimum absolute atomic E-state index is 0. The highest BCUT2D eigenvalue weighted by atomic mass is 19.2. The minimum atomic E-state index is -1.76. The van der Waals surface area contributed by atoms with Gasteiger partial charge in [-0.05, 0) is 37.5 Å². The van der Waals surface area contributed by atoms with Gasteiger partial charge in [-0.3, -0.25) is 4.79 Å². The van der Waals surface area contributed by atoms with Gasteiger partial charge >= 0.3 is 0 Å². The van der Waals surface area contributed by atoms with Crippen LogP contribution in [0.15, 0.2) is 43.2 Å². The van der Waals surface area contributed by atoms with Crippen LogP contribution in [-0.2, 0) is 4.79 Å². The summed E-state index contributed by atoms with van der Waals surface area (Å²) in [6.07, 6.45) is 4.30. The molecule has 1 saturated carbocycles. The molecule has 198 valence electrons. The molecule has 0 aliphatic heterocycles. The standard InChI is InChI=1S/C25H19F5N6O2.H2/c1-2-18(37)34-11-3-4-12(7-11)36-25-19(24(31)32-10-33-25)22(35-36)14-6-5-13(8-15(14)26)38-23-20(29)16(27)9-17(28)21(23)30;/h2,5-6,8-12H,1,3-4,7H2,(H,34,37)(H2,31,32,33);1H/t11-,12-;/m1./s1. The lowest BCUT2D eigenvalue weighted by Crippen LogP contribution is -2.31. The average molecular weight is 532 g/mol. The van der Waals surface area contributed by atoms with Crippen LogP contribution < -0.4 is 15.8 Å². The Morgan fingerprint density at radius 2 is 1.84 bits per heavy atom. The number of carbonyl (C=O) groups excluding carboxylic acids is 1. The molecule has 1 aliphatic rings. The summed E-state index contributed by atoms with van der Waals surface area (Å²) in [5, 5.41) is 7.69. The first-order chi connectivity index (χ1) is 18.2. The Morgan fingerprint density at radius 3 is 2.53 bits per heavy atom. The van der Waals surface area contributed by atoms with Gasteiger partial charge in [0.25, 0.3) is 0 Å². The zero-order valence-electron chi connectivity index (χ0n) is 19.5. The van der Waals surface area contributed by atoms with E-state index in [9.17, 15) is 22.4 Å². The van der Waals surface area contributed by atoms with Gasteiger partial charge < -0.3 is 15.8 Å². The number of carbonyl (C=O) groups is 1. The number of ether oxygens (including phenoxy) is 1. The molecule has 1 amide bonds. The molecular formula is C25H21F5N6O2. The predicted molar refractivity (Wildman–Crippen MR) is 129 cm³/mol. The van der Waals surface area contributed by atoms with E-state index in [1.54, 1.807) is 4.68 Å². The van der Waals surface area contributed by atoms with Gasteiger partial charge in [0.1, 0.15) is 29.4 Å². The monoisotopic (exact) mass is 532 g/mol. The van der Waals surface area contributed by atoms with E-state index < -0.39 is 40.6 Å². The van der Waals surface area contributed by atoms with Crippen LogP contribution in [0, 0.1) is 29.1 Å². The molecule has 13 heteroatoms. The number of halogens is 5. The van der Waals surface area contributed by atoms with Crippen LogP contribution in [0.2, 0.25) is 0 Å². The number of fused-ring (bicyclic) bond motifs is 1. The third-order valence-corrected chi connectivity index (χ3v) is 6.29. The molecule has 3 N–H and O–H groups in total. The number of rotatable bonds is 6. The Hall–Kier alpha value is -4.55. The Bertz CT molecular complexity index is 1570. The number of nitrogens with zero attached hydrogens (tertiary/aromatic N) is 4. The number of hydrogen-bond acceptors (Lipinski definition) is 6. The third-order valence-electron chi connectivity index (χ3n) is 6.29. The van der Waals surface area contributed by atoms with Gasteiger partial charge in [0, 0.05) is 25.2 Å². The normalized spacial score (nSPS) is 17.1. The lowest BCUT2D eigenvalue weighted by atomic mass is 10.1. The van der Waals surface area contributed by atoms with E-state index in [0.29, 0.717) is 24.9 Å². The van der Waals surface area contributed by atoms with Crippen LogP contribution in [0.1, 0.15) is 26.7 Å². The maximum atomic E-state index is 15.3. The predicted octanol–water partition coefficient (Wildman–Crippen LogP) is 5.21. The molecule has 0 spiro atoms. The summed E-state index contributed by atoms with van der Waals surface area (Å²) in [4.78, 5) is 19.9. The molecule has 1 fully saturated rings. The molecule has 1 aliphatic carbocycles. The van der Waals surface area contributed by atoms with Crippen molar-refractivity contribution in [3.8, 4) is 22.8 Å². The van der Waals surface area contributed by atoms with Gasteiger partial charge in [0.15, 0.2) is 17.3 Å². The molecule has 38 heavy (non-hydrogen) atoms. The number of nitrogen functional groups attached to an aromatic ring is 1. The highest BCUT2D eigenvalue weighted by Gasteiger charge is 2.31. The summed E-state index contributed by atoms with van der Waals surface area (Å²) < 4.78 is 76.8. The fourth-order valence-corrected chi connectivity index (χ4v) is 4.52. The van der Waals surface area contributed by atoms with Crippen molar-refractivity contribution in [2.45, 2.75) is 31.3 Å². The van der Waals surface area contributed by atoms with Crippen molar-refractivity contribution in [1.29, 1.82) is 0 Å². The number of nitrogens with one attached hydrogen (secondary N) is 1. The minimum Gasteiger partial charge on any atom is -0.451 e. The second-order valence-electron chi connectivity index (χ2n) is 8.67. The zero-order valence-corrected chi connectivity index (χ0v) is 19.5. The summed E-state index contributed by atoms with van der Waals surface area (Å²) in [7, 11) is 0. The zero-order chi connectivity index (χ0) is 27.1. The summed E-state index contributed by atoms with van der Waals surface area (Å²) >= 11 is 0. The molecule has 0 radical (unpaired) electrons. The van der Waals surface area contributed by atoms with E-state index in [0.717, 1.165) is 12.1 Å². The van der Waals surface area contributed by atoms with E-state index in [1.165, 1.54) is 18.5 Å². The number of aromatic nitrogens is 4.